The van der Waals surface area contributed by atoms with Crippen LogP contribution in [0.15, 0.2) is 78.9 Å². The van der Waals surface area contributed by atoms with Crippen molar-refractivity contribution in [3.05, 3.63) is 107 Å². The molecule has 0 bridgehead atoms. The Balaban J connectivity index is 1.49. The smallest absolute Gasteiger partial charge is 0.156 e. The van der Waals surface area contributed by atoms with Gasteiger partial charge in [0.05, 0.1) is 25.3 Å². The molecule has 0 radical (unpaired) electrons. The number of nitrogens with zero attached hydrogens (tertiary/aromatic N) is 1. The third-order valence-electron chi connectivity index (χ3n) is 7.34. The molecule has 1 N–H and O–H groups in total. The molecule has 2 aliphatic rings. The number of aromatic nitrogens is 1. The zero-order chi connectivity index (χ0) is 19.3. The first kappa shape index (κ1) is 17.1. The van der Waals surface area contributed by atoms with Gasteiger partial charge in [-0.1, -0.05) is 72.8 Å². The molecule has 2 atom stereocenters. The zero-order valence-electron chi connectivity index (χ0n) is 16.8. The van der Waals surface area contributed by atoms with E-state index in [1.807, 2.05) is 0 Å². The SMILES string of the molecule is c1ccc(CC[N+]23CCc4ccccc4C2c2[nH]c4ccccc4c2CC3)cc1. The first-order valence-corrected chi connectivity index (χ1v) is 10.9. The fraction of sp³-hybridized carbons (Fsp3) is 0.259. The first-order chi connectivity index (χ1) is 14.3. The molecular formula is C27H27N2+. The van der Waals surface area contributed by atoms with Gasteiger partial charge in [0, 0.05) is 35.7 Å². The highest BCUT2D eigenvalue weighted by Crippen LogP contribution is 2.46. The lowest BCUT2D eigenvalue weighted by Crippen LogP contribution is -2.58. The monoisotopic (exact) mass is 379 g/mol. The molecule has 0 saturated carbocycles. The van der Waals surface area contributed by atoms with Crippen LogP contribution in [0.1, 0.15) is 34.0 Å². The quantitative estimate of drug-likeness (QED) is 0.457. The molecule has 144 valence electrons. The van der Waals surface area contributed by atoms with E-state index in [4.69, 9.17) is 0 Å². The summed E-state index contributed by atoms with van der Waals surface area (Å²) >= 11 is 0. The van der Waals surface area contributed by atoms with Crippen LogP contribution in [-0.2, 0) is 19.3 Å². The molecule has 0 aliphatic carbocycles. The molecule has 2 unspecified atom stereocenters. The Hall–Kier alpha value is -2.84. The molecule has 3 heterocycles. The Morgan fingerprint density at radius 3 is 2.48 bits per heavy atom. The molecule has 1 aromatic heterocycles. The maximum atomic E-state index is 3.86. The number of hydrogen-bond acceptors (Lipinski definition) is 0. The summed E-state index contributed by atoms with van der Waals surface area (Å²) in [6.45, 7) is 3.68. The van der Waals surface area contributed by atoms with Crippen LogP contribution in [0.2, 0.25) is 0 Å². The number of para-hydroxylation sites is 1. The van der Waals surface area contributed by atoms with E-state index in [1.54, 1.807) is 11.1 Å². The van der Waals surface area contributed by atoms with Crippen LogP contribution in [0.5, 0.6) is 0 Å². The van der Waals surface area contributed by atoms with Gasteiger partial charge in [-0.15, -0.1) is 0 Å². The van der Waals surface area contributed by atoms with Crippen molar-refractivity contribution in [2.75, 3.05) is 19.6 Å². The standard InChI is InChI=1S/C27H27N2/c1-2-8-20(9-3-1)14-17-29-18-15-21-10-4-5-11-22(21)27(29)26-24(16-19-29)23-12-6-7-13-25(23)28-26/h1-13,27-28H,14-19H2/q+1. The Bertz CT molecular complexity index is 1170. The molecule has 6 rings (SSSR count). The van der Waals surface area contributed by atoms with Crippen molar-refractivity contribution in [3.63, 3.8) is 0 Å². The minimum absolute atomic E-state index is 0.430. The van der Waals surface area contributed by atoms with Gasteiger partial charge in [0.2, 0.25) is 0 Å². The summed E-state index contributed by atoms with van der Waals surface area (Å²) in [5.74, 6) is 0. The Morgan fingerprint density at radius 2 is 1.55 bits per heavy atom. The number of fused-ring (bicyclic) bond motifs is 7. The Morgan fingerprint density at radius 1 is 0.793 bits per heavy atom. The van der Waals surface area contributed by atoms with Gasteiger partial charge in [0.15, 0.2) is 6.04 Å². The molecule has 0 saturated heterocycles. The number of benzene rings is 3. The fourth-order valence-corrected chi connectivity index (χ4v) is 5.87. The minimum atomic E-state index is 0.430. The van der Waals surface area contributed by atoms with Gasteiger partial charge >= 0.3 is 0 Å². The third-order valence-corrected chi connectivity index (χ3v) is 7.34. The minimum Gasteiger partial charge on any atom is -0.353 e. The van der Waals surface area contributed by atoms with Crippen LogP contribution in [0.3, 0.4) is 0 Å². The topological polar surface area (TPSA) is 15.8 Å². The number of nitrogens with one attached hydrogen (secondary N) is 1. The molecule has 29 heavy (non-hydrogen) atoms. The summed E-state index contributed by atoms with van der Waals surface area (Å²) in [5.41, 5.74) is 8.86. The van der Waals surface area contributed by atoms with E-state index >= 15 is 0 Å². The molecule has 4 aromatic rings. The van der Waals surface area contributed by atoms with Gasteiger partial charge in [-0.25, -0.2) is 0 Å². The molecule has 3 aromatic carbocycles. The number of H-pyrrole nitrogens is 1. The predicted octanol–water partition coefficient (Wildman–Crippen LogP) is 5.43. The lowest BCUT2D eigenvalue weighted by molar-refractivity contribution is -0.955. The zero-order valence-corrected chi connectivity index (χ0v) is 16.8. The van der Waals surface area contributed by atoms with E-state index in [1.165, 1.54) is 64.7 Å². The highest BCUT2D eigenvalue weighted by molar-refractivity contribution is 5.85. The van der Waals surface area contributed by atoms with Crippen LogP contribution in [0, 0.1) is 0 Å². The molecule has 0 fully saturated rings. The number of quaternary nitrogens is 1. The van der Waals surface area contributed by atoms with Crippen molar-refractivity contribution in [1.82, 2.24) is 4.98 Å². The maximum Gasteiger partial charge on any atom is 0.156 e. The molecular weight excluding hydrogens is 352 g/mol. The predicted molar refractivity (Wildman–Crippen MR) is 119 cm³/mol. The van der Waals surface area contributed by atoms with Crippen LogP contribution >= 0.6 is 0 Å². The van der Waals surface area contributed by atoms with Gasteiger partial charge < -0.3 is 9.47 Å². The van der Waals surface area contributed by atoms with E-state index in [0.29, 0.717) is 6.04 Å². The summed E-state index contributed by atoms with van der Waals surface area (Å²) in [7, 11) is 0. The van der Waals surface area contributed by atoms with Crippen LogP contribution < -0.4 is 0 Å². The second kappa shape index (κ2) is 6.60. The van der Waals surface area contributed by atoms with E-state index in [9.17, 15) is 0 Å². The number of rotatable bonds is 3. The average Bonchev–Trinajstić information content (AvgIpc) is 3.17. The lowest BCUT2D eigenvalue weighted by Gasteiger charge is -2.50. The molecule has 2 heteroatoms. The van der Waals surface area contributed by atoms with Crippen molar-refractivity contribution in [2.24, 2.45) is 0 Å². The van der Waals surface area contributed by atoms with Crippen LogP contribution in [0.25, 0.3) is 10.9 Å². The highest BCUT2D eigenvalue weighted by Gasteiger charge is 2.47. The van der Waals surface area contributed by atoms with E-state index < -0.39 is 0 Å². The van der Waals surface area contributed by atoms with Gasteiger partial charge in [-0.2, -0.15) is 0 Å². The van der Waals surface area contributed by atoms with Gasteiger partial charge in [-0.05, 0) is 22.8 Å². The second-order valence-electron chi connectivity index (χ2n) is 8.79. The summed E-state index contributed by atoms with van der Waals surface area (Å²) < 4.78 is 1.19. The Labute approximate surface area is 172 Å². The van der Waals surface area contributed by atoms with E-state index in [0.717, 1.165) is 6.42 Å². The normalized spacial score (nSPS) is 22.7. The third kappa shape index (κ3) is 2.67. The van der Waals surface area contributed by atoms with E-state index in [-0.39, 0.29) is 0 Å². The average molecular weight is 380 g/mol. The van der Waals surface area contributed by atoms with Gasteiger partial charge in [0.1, 0.15) is 0 Å². The van der Waals surface area contributed by atoms with Gasteiger partial charge in [0.25, 0.3) is 0 Å². The van der Waals surface area contributed by atoms with Crippen LogP contribution in [0.4, 0.5) is 0 Å². The molecule has 2 nitrogen and oxygen atoms in total. The van der Waals surface area contributed by atoms with Crippen molar-refractivity contribution in [3.8, 4) is 0 Å². The van der Waals surface area contributed by atoms with Crippen LogP contribution in [-0.4, -0.2) is 29.1 Å². The summed E-state index contributed by atoms with van der Waals surface area (Å²) in [6.07, 6.45) is 3.51. The maximum absolute atomic E-state index is 3.86. The Kier molecular flexibility index (Phi) is 3.88. The first-order valence-electron chi connectivity index (χ1n) is 10.9. The van der Waals surface area contributed by atoms with Crippen molar-refractivity contribution in [1.29, 1.82) is 0 Å². The largest absolute Gasteiger partial charge is 0.353 e. The molecule has 2 aliphatic heterocycles. The lowest BCUT2D eigenvalue weighted by atomic mass is 9.82. The fourth-order valence-electron chi connectivity index (χ4n) is 5.87. The molecule has 0 amide bonds. The number of hydrogen-bond donors (Lipinski definition) is 1. The summed E-state index contributed by atoms with van der Waals surface area (Å²) in [5, 5.41) is 1.42. The second-order valence-corrected chi connectivity index (χ2v) is 8.79. The summed E-state index contributed by atoms with van der Waals surface area (Å²) in [6, 6.07) is 29.5. The van der Waals surface area contributed by atoms with E-state index in [2.05, 4.69) is 83.8 Å². The highest BCUT2D eigenvalue weighted by atomic mass is 15.4. The molecule has 0 spiro atoms. The van der Waals surface area contributed by atoms with Crippen molar-refractivity contribution >= 4 is 10.9 Å². The number of aromatic amines is 1. The van der Waals surface area contributed by atoms with Crippen molar-refractivity contribution < 1.29 is 4.48 Å². The van der Waals surface area contributed by atoms with Gasteiger partial charge in [-0.3, -0.25) is 0 Å². The summed E-state index contributed by atoms with van der Waals surface area (Å²) in [4.78, 5) is 3.86. The van der Waals surface area contributed by atoms with Crippen molar-refractivity contribution in [2.45, 2.75) is 25.3 Å².